The summed E-state index contributed by atoms with van der Waals surface area (Å²) in [7, 11) is 1.33. The second-order valence-corrected chi connectivity index (χ2v) is 7.29. The molecule has 0 amide bonds. The molecule has 2 aromatic rings. The Morgan fingerprint density at radius 1 is 1.43 bits per heavy atom. The average molecular weight is 426 g/mol. The molecule has 2 heterocycles. The number of aryl methyl sites for hydroxylation is 1. The Morgan fingerprint density at radius 3 is 2.73 bits per heavy atom. The van der Waals surface area contributed by atoms with Crippen molar-refractivity contribution >= 4 is 28.3 Å². The van der Waals surface area contributed by atoms with Crippen LogP contribution in [0.1, 0.15) is 23.7 Å². The highest BCUT2D eigenvalue weighted by Crippen LogP contribution is 2.32. The van der Waals surface area contributed by atoms with E-state index in [2.05, 4.69) is 5.16 Å². The molecular formula is C19H21F3N4O4. The molecule has 8 nitrogen and oxygen atoms in total. The Balaban J connectivity index is 2.24. The molecule has 3 N–H and O–H groups in total. The second kappa shape index (κ2) is 7.98. The van der Waals surface area contributed by atoms with E-state index >= 15 is 4.39 Å². The van der Waals surface area contributed by atoms with E-state index in [0.717, 1.165) is 16.8 Å². The number of halogens is 3. The molecule has 0 aliphatic carbocycles. The number of benzene rings is 1. The third kappa shape index (κ3) is 3.60. The lowest BCUT2D eigenvalue weighted by atomic mass is 9.88. The molecule has 1 saturated heterocycles. The molecule has 1 aromatic carbocycles. The molecule has 1 aliphatic rings. The van der Waals surface area contributed by atoms with Gasteiger partial charge in [-0.3, -0.25) is 4.79 Å². The maximum absolute atomic E-state index is 15.5. The van der Waals surface area contributed by atoms with Crippen LogP contribution in [0.25, 0.3) is 10.9 Å². The van der Waals surface area contributed by atoms with Gasteiger partial charge in [0.05, 0.1) is 35.2 Å². The second-order valence-electron chi connectivity index (χ2n) is 7.29. The number of carbonyl (C=O) groups is 1. The van der Waals surface area contributed by atoms with Crippen molar-refractivity contribution in [2.45, 2.75) is 25.4 Å². The summed E-state index contributed by atoms with van der Waals surface area (Å²) in [5, 5.41) is 12.6. The molecule has 0 saturated carbocycles. The standard InChI is InChI=1S/C19H21F3N4O4/c1-19(23)3-5-25(9-13(19)24-30-2)16-12(21)7-10-15(14(16)22)26(6-4-20)8-11(17(10)27)18(28)29/h7-8H,3-6,9,23H2,1-2H3,(H,28,29)/b24-13+. The van der Waals surface area contributed by atoms with Gasteiger partial charge in [0.2, 0.25) is 5.43 Å². The van der Waals surface area contributed by atoms with Crippen molar-refractivity contribution in [2.75, 3.05) is 31.8 Å². The zero-order chi connectivity index (χ0) is 22.2. The lowest BCUT2D eigenvalue weighted by molar-refractivity contribution is 0.0694. The molecule has 0 radical (unpaired) electrons. The van der Waals surface area contributed by atoms with E-state index < -0.39 is 58.4 Å². The largest absolute Gasteiger partial charge is 0.477 e. The van der Waals surface area contributed by atoms with Crippen LogP contribution in [0.3, 0.4) is 0 Å². The van der Waals surface area contributed by atoms with Crippen molar-refractivity contribution in [1.29, 1.82) is 0 Å². The van der Waals surface area contributed by atoms with E-state index in [1.165, 1.54) is 12.0 Å². The van der Waals surface area contributed by atoms with E-state index in [1.54, 1.807) is 6.92 Å². The number of nitrogens with two attached hydrogens (primary N) is 1. The molecule has 1 fully saturated rings. The number of piperidine rings is 1. The third-order valence-electron chi connectivity index (χ3n) is 5.20. The van der Waals surface area contributed by atoms with Crippen LogP contribution in [0.4, 0.5) is 18.9 Å². The molecule has 11 heteroatoms. The van der Waals surface area contributed by atoms with Crippen molar-refractivity contribution in [2.24, 2.45) is 10.9 Å². The molecular weight excluding hydrogens is 405 g/mol. The molecule has 1 aliphatic heterocycles. The third-order valence-corrected chi connectivity index (χ3v) is 5.20. The van der Waals surface area contributed by atoms with Crippen LogP contribution in [0.5, 0.6) is 0 Å². The Morgan fingerprint density at radius 2 is 2.13 bits per heavy atom. The smallest absolute Gasteiger partial charge is 0.341 e. The number of aromatic carboxylic acids is 1. The van der Waals surface area contributed by atoms with Crippen LogP contribution >= 0.6 is 0 Å². The van der Waals surface area contributed by atoms with Crippen LogP contribution in [-0.2, 0) is 11.4 Å². The van der Waals surface area contributed by atoms with Gasteiger partial charge in [-0.2, -0.15) is 0 Å². The van der Waals surface area contributed by atoms with E-state index in [9.17, 15) is 23.5 Å². The van der Waals surface area contributed by atoms with Gasteiger partial charge in [-0.1, -0.05) is 5.16 Å². The van der Waals surface area contributed by atoms with Crippen molar-refractivity contribution < 1.29 is 27.9 Å². The number of pyridine rings is 1. The minimum atomic E-state index is -1.57. The summed E-state index contributed by atoms with van der Waals surface area (Å²) in [6, 6.07) is 0.778. The maximum atomic E-state index is 15.5. The highest BCUT2D eigenvalue weighted by atomic mass is 19.1. The zero-order valence-corrected chi connectivity index (χ0v) is 16.4. The topological polar surface area (TPSA) is 110 Å². The summed E-state index contributed by atoms with van der Waals surface area (Å²) in [6.07, 6.45) is 1.18. The first-order valence-electron chi connectivity index (χ1n) is 9.11. The van der Waals surface area contributed by atoms with Gasteiger partial charge in [-0.05, 0) is 19.4 Å². The number of carboxylic acids is 1. The number of hydrogen-bond acceptors (Lipinski definition) is 6. The van der Waals surface area contributed by atoms with Crippen molar-refractivity contribution in [3.8, 4) is 0 Å². The summed E-state index contributed by atoms with van der Waals surface area (Å²) in [5.74, 6) is -3.72. The van der Waals surface area contributed by atoms with Gasteiger partial charge in [-0.25, -0.2) is 18.0 Å². The lowest BCUT2D eigenvalue weighted by Gasteiger charge is -2.39. The average Bonchev–Trinajstić information content (AvgIpc) is 2.66. The fourth-order valence-electron chi connectivity index (χ4n) is 3.57. The van der Waals surface area contributed by atoms with Gasteiger partial charge < -0.3 is 25.1 Å². The quantitative estimate of drug-likeness (QED) is 0.707. The van der Waals surface area contributed by atoms with Crippen LogP contribution in [0.2, 0.25) is 0 Å². The number of rotatable bonds is 5. The first-order chi connectivity index (χ1) is 14.1. The van der Waals surface area contributed by atoms with E-state index in [1.807, 2.05) is 0 Å². The van der Waals surface area contributed by atoms with Gasteiger partial charge in [0.25, 0.3) is 0 Å². The molecule has 162 valence electrons. The van der Waals surface area contributed by atoms with E-state index in [-0.39, 0.29) is 18.6 Å². The van der Waals surface area contributed by atoms with Crippen LogP contribution < -0.4 is 16.1 Å². The SMILES string of the molecule is CO/N=C1\CN(c2c(F)cc3c(=O)c(C(=O)O)cn(CCF)c3c2F)CCC1(C)N. The van der Waals surface area contributed by atoms with Crippen molar-refractivity contribution in [1.82, 2.24) is 4.57 Å². The molecule has 0 bridgehead atoms. The number of nitrogens with zero attached hydrogens (tertiary/aromatic N) is 3. The van der Waals surface area contributed by atoms with Crippen molar-refractivity contribution in [3.63, 3.8) is 0 Å². The summed E-state index contributed by atoms with van der Waals surface area (Å²) < 4.78 is 44.5. The van der Waals surface area contributed by atoms with Gasteiger partial charge >= 0.3 is 5.97 Å². The highest BCUT2D eigenvalue weighted by Gasteiger charge is 2.36. The number of hydrogen-bond donors (Lipinski definition) is 2. The molecule has 1 unspecified atom stereocenters. The first-order valence-corrected chi connectivity index (χ1v) is 9.11. The lowest BCUT2D eigenvalue weighted by Crippen LogP contribution is -2.56. The number of carboxylic acid groups (broad SMARTS) is 1. The fourth-order valence-corrected chi connectivity index (χ4v) is 3.57. The molecule has 1 aromatic heterocycles. The predicted octanol–water partition coefficient (Wildman–Crippen LogP) is 1.88. The zero-order valence-electron chi connectivity index (χ0n) is 16.4. The van der Waals surface area contributed by atoms with E-state index in [0.29, 0.717) is 12.1 Å². The number of oxime groups is 1. The summed E-state index contributed by atoms with van der Waals surface area (Å²) >= 11 is 0. The van der Waals surface area contributed by atoms with Crippen LogP contribution in [0.15, 0.2) is 22.2 Å². The normalized spacial score (nSPS) is 20.7. The minimum absolute atomic E-state index is 0.0270. The van der Waals surface area contributed by atoms with Gasteiger partial charge in [0.15, 0.2) is 5.82 Å². The summed E-state index contributed by atoms with van der Waals surface area (Å²) in [6.45, 7) is 0.539. The Bertz CT molecular complexity index is 1100. The van der Waals surface area contributed by atoms with Gasteiger partial charge in [-0.15, -0.1) is 0 Å². The van der Waals surface area contributed by atoms with Gasteiger partial charge in [0, 0.05) is 12.7 Å². The predicted molar refractivity (Wildman–Crippen MR) is 105 cm³/mol. The molecule has 3 rings (SSSR count). The summed E-state index contributed by atoms with van der Waals surface area (Å²) in [5.41, 5.74) is 3.17. The maximum Gasteiger partial charge on any atom is 0.341 e. The van der Waals surface area contributed by atoms with Crippen LogP contribution in [0, 0.1) is 11.6 Å². The number of aromatic nitrogens is 1. The number of anilines is 1. The van der Waals surface area contributed by atoms with E-state index in [4.69, 9.17) is 10.6 Å². The van der Waals surface area contributed by atoms with Gasteiger partial charge in [0.1, 0.15) is 30.9 Å². The number of fused-ring (bicyclic) bond motifs is 1. The molecule has 1 atom stereocenters. The number of alkyl halides is 1. The molecule has 0 spiro atoms. The minimum Gasteiger partial charge on any atom is -0.477 e. The first kappa shape index (κ1) is 21.6. The highest BCUT2D eigenvalue weighted by molar-refractivity contribution is 5.98. The Hall–Kier alpha value is -3.08. The Labute approximate surface area is 169 Å². The van der Waals surface area contributed by atoms with Crippen LogP contribution in [-0.4, -0.2) is 53.8 Å². The fraction of sp³-hybridized carbons (Fsp3) is 0.421. The van der Waals surface area contributed by atoms with Crippen molar-refractivity contribution in [3.05, 3.63) is 39.7 Å². The molecule has 30 heavy (non-hydrogen) atoms. The Kier molecular flexibility index (Phi) is 5.75. The summed E-state index contributed by atoms with van der Waals surface area (Å²) in [4.78, 5) is 29.9. The monoisotopic (exact) mass is 426 g/mol.